The molecule has 0 aliphatic carbocycles. The van der Waals surface area contributed by atoms with Crippen LogP contribution in [0.15, 0.2) is 63.8 Å². The number of nitrogens with zero attached hydrogens (tertiary/aromatic N) is 2. The number of nitro benzene ring substituents is 1. The summed E-state index contributed by atoms with van der Waals surface area (Å²) in [7, 11) is 0. The zero-order chi connectivity index (χ0) is 18.7. The van der Waals surface area contributed by atoms with Crippen LogP contribution in [0.3, 0.4) is 0 Å². The highest BCUT2D eigenvalue weighted by Crippen LogP contribution is 2.21. The molecular formula is C19H16N2O5. The van der Waals surface area contributed by atoms with Crippen molar-refractivity contribution >= 4 is 22.6 Å². The fraction of sp³-hybridized carbons (Fsp3) is 0.158. The monoisotopic (exact) mass is 352 g/mol. The highest BCUT2D eigenvalue weighted by atomic mass is 16.6. The summed E-state index contributed by atoms with van der Waals surface area (Å²) < 4.78 is 5.17. The molecule has 0 bridgehead atoms. The van der Waals surface area contributed by atoms with Gasteiger partial charge in [-0.15, -0.1) is 0 Å². The summed E-state index contributed by atoms with van der Waals surface area (Å²) in [5.74, 6) is -0.474. The van der Waals surface area contributed by atoms with Crippen LogP contribution < -0.4 is 5.63 Å². The van der Waals surface area contributed by atoms with Gasteiger partial charge in [0.1, 0.15) is 11.1 Å². The number of amides is 1. The number of nitro groups is 1. The Bertz CT molecular complexity index is 1030. The van der Waals surface area contributed by atoms with Crippen LogP contribution in [-0.2, 0) is 6.54 Å². The number of carbonyl (C=O) groups is 1. The second-order valence-corrected chi connectivity index (χ2v) is 5.73. The van der Waals surface area contributed by atoms with E-state index >= 15 is 0 Å². The van der Waals surface area contributed by atoms with Crippen molar-refractivity contribution in [2.75, 3.05) is 6.54 Å². The Morgan fingerprint density at radius 3 is 2.54 bits per heavy atom. The van der Waals surface area contributed by atoms with Crippen molar-refractivity contribution in [1.29, 1.82) is 0 Å². The minimum atomic E-state index is -0.761. The lowest BCUT2D eigenvalue weighted by molar-refractivity contribution is -0.384. The van der Waals surface area contributed by atoms with Gasteiger partial charge in [0.15, 0.2) is 0 Å². The topological polar surface area (TPSA) is 93.7 Å². The number of hydrogen-bond acceptors (Lipinski definition) is 5. The largest absolute Gasteiger partial charge is 0.422 e. The van der Waals surface area contributed by atoms with E-state index in [9.17, 15) is 19.7 Å². The first kappa shape index (κ1) is 17.3. The van der Waals surface area contributed by atoms with E-state index in [2.05, 4.69) is 0 Å². The van der Waals surface area contributed by atoms with Gasteiger partial charge >= 0.3 is 5.63 Å². The quantitative estimate of drug-likeness (QED) is 0.399. The maximum atomic E-state index is 12.8. The molecule has 1 amide bonds. The molecule has 3 rings (SSSR count). The number of fused-ring (bicyclic) bond motifs is 1. The Morgan fingerprint density at radius 1 is 1.15 bits per heavy atom. The molecule has 0 aliphatic heterocycles. The van der Waals surface area contributed by atoms with Crippen molar-refractivity contribution in [2.45, 2.75) is 13.5 Å². The van der Waals surface area contributed by atoms with Crippen LogP contribution in [0.25, 0.3) is 11.0 Å². The Kier molecular flexibility index (Phi) is 4.79. The van der Waals surface area contributed by atoms with Crippen molar-refractivity contribution in [2.24, 2.45) is 0 Å². The molecule has 7 heteroatoms. The molecule has 1 heterocycles. The highest BCUT2D eigenvalue weighted by Gasteiger charge is 2.20. The van der Waals surface area contributed by atoms with E-state index in [1.54, 1.807) is 0 Å². The summed E-state index contributed by atoms with van der Waals surface area (Å²) in [6.07, 6.45) is 0. The van der Waals surface area contributed by atoms with Crippen molar-refractivity contribution in [1.82, 2.24) is 4.90 Å². The Morgan fingerprint density at radius 2 is 1.88 bits per heavy atom. The minimum absolute atomic E-state index is 0.138. The molecule has 2 aromatic carbocycles. The van der Waals surface area contributed by atoms with E-state index in [0.29, 0.717) is 18.5 Å². The maximum Gasteiger partial charge on any atom is 0.349 e. The second kappa shape index (κ2) is 7.18. The molecule has 0 N–H and O–H groups in total. The molecule has 0 fully saturated rings. The zero-order valence-electron chi connectivity index (χ0n) is 14.0. The van der Waals surface area contributed by atoms with Gasteiger partial charge in [0.05, 0.1) is 4.92 Å². The van der Waals surface area contributed by atoms with E-state index in [1.165, 1.54) is 29.2 Å². The molecule has 0 radical (unpaired) electrons. The van der Waals surface area contributed by atoms with Gasteiger partial charge in [-0.3, -0.25) is 14.9 Å². The normalized spacial score (nSPS) is 10.7. The first-order chi connectivity index (χ1) is 12.5. The predicted octanol–water partition coefficient (Wildman–Crippen LogP) is 3.36. The van der Waals surface area contributed by atoms with E-state index < -0.39 is 16.5 Å². The lowest BCUT2D eigenvalue weighted by atomic mass is 10.1. The fourth-order valence-electron chi connectivity index (χ4n) is 2.67. The first-order valence-electron chi connectivity index (χ1n) is 8.05. The van der Waals surface area contributed by atoms with Crippen LogP contribution in [-0.4, -0.2) is 22.3 Å². The second-order valence-electron chi connectivity index (χ2n) is 5.73. The van der Waals surface area contributed by atoms with Crippen molar-refractivity contribution in [3.05, 3.63) is 86.3 Å². The molecule has 0 unspecified atom stereocenters. The molecule has 26 heavy (non-hydrogen) atoms. The fourth-order valence-corrected chi connectivity index (χ4v) is 2.67. The van der Waals surface area contributed by atoms with Crippen LogP contribution in [0.5, 0.6) is 0 Å². The molecule has 0 saturated carbocycles. The lowest BCUT2D eigenvalue weighted by Gasteiger charge is -2.20. The molecule has 132 valence electrons. The van der Waals surface area contributed by atoms with Gasteiger partial charge in [0, 0.05) is 30.6 Å². The molecule has 0 spiro atoms. The maximum absolute atomic E-state index is 12.8. The predicted molar refractivity (Wildman–Crippen MR) is 96.0 cm³/mol. The summed E-state index contributed by atoms with van der Waals surface area (Å²) in [4.78, 5) is 36.9. The van der Waals surface area contributed by atoms with Gasteiger partial charge in [-0.05, 0) is 24.6 Å². The van der Waals surface area contributed by atoms with Crippen molar-refractivity contribution in [3.63, 3.8) is 0 Å². The van der Waals surface area contributed by atoms with Crippen LogP contribution in [0.2, 0.25) is 0 Å². The van der Waals surface area contributed by atoms with E-state index in [-0.39, 0.29) is 16.8 Å². The highest BCUT2D eigenvalue weighted by molar-refractivity contribution is 5.96. The molecule has 1 aromatic heterocycles. The van der Waals surface area contributed by atoms with E-state index in [0.717, 1.165) is 5.56 Å². The van der Waals surface area contributed by atoms with Crippen LogP contribution in [0.1, 0.15) is 22.8 Å². The number of benzene rings is 2. The van der Waals surface area contributed by atoms with Gasteiger partial charge in [-0.25, -0.2) is 4.79 Å². The third-order valence-corrected chi connectivity index (χ3v) is 4.04. The van der Waals surface area contributed by atoms with Gasteiger partial charge in [0.2, 0.25) is 0 Å². The molecule has 0 atom stereocenters. The Hall–Kier alpha value is -3.48. The van der Waals surface area contributed by atoms with Crippen molar-refractivity contribution < 1.29 is 14.1 Å². The molecule has 7 nitrogen and oxygen atoms in total. The number of hydrogen-bond donors (Lipinski definition) is 0. The third-order valence-electron chi connectivity index (χ3n) is 4.04. The van der Waals surface area contributed by atoms with Crippen LogP contribution >= 0.6 is 0 Å². The Balaban J connectivity index is 1.99. The van der Waals surface area contributed by atoms with Crippen molar-refractivity contribution in [3.8, 4) is 0 Å². The molecular weight excluding hydrogens is 336 g/mol. The Labute approximate surface area is 148 Å². The van der Waals surface area contributed by atoms with Gasteiger partial charge < -0.3 is 9.32 Å². The van der Waals surface area contributed by atoms with Gasteiger partial charge in [-0.2, -0.15) is 0 Å². The molecule has 3 aromatic rings. The van der Waals surface area contributed by atoms with Gasteiger partial charge in [-0.1, -0.05) is 30.3 Å². The smallest absolute Gasteiger partial charge is 0.349 e. The van der Waals surface area contributed by atoms with Crippen LogP contribution in [0, 0.1) is 10.1 Å². The summed E-state index contributed by atoms with van der Waals surface area (Å²) in [5, 5.41) is 11.3. The average molecular weight is 352 g/mol. The van der Waals surface area contributed by atoms with Gasteiger partial charge in [0.25, 0.3) is 11.6 Å². The number of non-ortho nitro benzene ring substituents is 1. The summed E-state index contributed by atoms with van der Waals surface area (Å²) >= 11 is 0. The molecule has 0 saturated heterocycles. The minimum Gasteiger partial charge on any atom is -0.422 e. The summed E-state index contributed by atoms with van der Waals surface area (Å²) in [6, 6.07) is 14.6. The lowest BCUT2D eigenvalue weighted by Crippen LogP contribution is -2.33. The van der Waals surface area contributed by atoms with Crippen LogP contribution in [0.4, 0.5) is 5.69 Å². The van der Waals surface area contributed by atoms with E-state index in [1.807, 2.05) is 37.3 Å². The third kappa shape index (κ3) is 3.46. The first-order valence-corrected chi connectivity index (χ1v) is 8.05. The molecule has 0 aliphatic rings. The summed E-state index contributed by atoms with van der Waals surface area (Å²) in [5.41, 5.74) is 0.0896. The standard InChI is InChI=1S/C19H16N2O5/c1-2-20(12-13-6-4-3-5-7-13)18(22)16-11-14-10-15(21(24)25)8-9-17(14)26-19(16)23/h3-11H,2,12H2,1H3. The zero-order valence-corrected chi connectivity index (χ0v) is 14.0. The number of carbonyl (C=O) groups excluding carboxylic acids is 1. The van der Waals surface area contributed by atoms with E-state index in [4.69, 9.17) is 4.42 Å². The summed E-state index contributed by atoms with van der Waals surface area (Å²) in [6.45, 7) is 2.57. The number of rotatable bonds is 5. The SMILES string of the molecule is CCN(Cc1ccccc1)C(=O)c1cc2cc([N+](=O)[O-])ccc2oc1=O. The average Bonchev–Trinajstić information content (AvgIpc) is 2.65.